The molecule has 2 aromatic rings. The molecule has 0 aliphatic carbocycles. The molecule has 0 aliphatic heterocycles. The number of rotatable bonds is 9. The van der Waals surface area contributed by atoms with Crippen molar-refractivity contribution < 1.29 is 28.3 Å². The van der Waals surface area contributed by atoms with Crippen LogP contribution in [0.1, 0.15) is 22.7 Å². The van der Waals surface area contributed by atoms with Crippen molar-refractivity contribution in [2.45, 2.75) is 12.5 Å². The van der Waals surface area contributed by atoms with Gasteiger partial charge in [0.15, 0.2) is 5.76 Å². The zero-order valence-corrected chi connectivity index (χ0v) is 14.7. The summed E-state index contributed by atoms with van der Waals surface area (Å²) in [5.41, 5.74) is -0.184. The number of carbonyl (C=O) groups is 3. The van der Waals surface area contributed by atoms with Crippen molar-refractivity contribution in [1.29, 1.82) is 0 Å². The third kappa shape index (κ3) is 5.55. The van der Waals surface area contributed by atoms with Gasteiger partial charge in [0.1, 0.15) is 11.5 Å². The lowest BCUT2D eigenvalue weighted by molar-refractivity contribution is -0.308. The molecule has 138 valence electrons. The minimum absolute atomic E-state index is 0.00183. The summed E-state index contributed by atoms with van der Waals surface area (Å²) in [6.45, 7) is 0. The van der Waals surface area contributed by atoms with E-state index < -0.39 is 23.8 Å². The Hall–Kier alpha value is -2.94. The molecule has 2 aromatic heterocycles. The Kier molecular flexibility index (Phi) is 7.10. The quantitative estimate of drug-likeness (QED) is 0.614. The van der Waals surface area contributed by atoms with E-state index in [1.807, 2.05) is 6.26 Å². The van der Waals surface area contributed by atoms with E-state index in [2.05, 4.69) is 10.6 Å². The molecule has 0 unspecified atom stereocenters. The first-order valence-electron chi connectivity index (χ1n) is 7.62. The van der Waals surface area contributed by atoms with Crippen molar-refractivity contribution in [2.24, 2.45) is 0 Å². The van der Waals surface area contributed by atoms with E-state index in [0.29, 0.717) is 11.5 Å². The molecule has 9 heteroatoms. The lowest BCUT2D eigenvalue weighted by atomic mass is 10.2. The van der Waals surface area contributed by atoms with Crippen LogP contribution in [0.4, 0.5) is 0 Å². The molecule has 0 spiro atoms. The zero-order valence-electron chi connectivity index (χ0n) is 13.9. The Bertz CT molecular complexity index is 767. The fourth-order valence-electron chi connectivity index (χ4n) is 1.99. The first-order chi connectivity index (χ1) is 12.5. The smallest absolute Gasteiger partial charge is 0.291 e. The van der Waals surface area contributed by atoms with Crippen molar-refractivity contribution in [2.75, 3.05) is 12.0 Å². The van der Waals surface area contributed by atoms with Gasteiger partial charge in [-0.05, 0) is 42.7 Å². The average Bonchev–Trinajstić information content (AvgIpc) is 3.30. The molecule has 0 bridgehead atoms. The molecule has 2 N–H and O–H groups in total. The number of furan rings is 2. The summed E-state index contributed by atoms with van der Waals surface area (Å²) in [6, 6.07) is 4.96. The van der Waals surface area contributed by atoms with Gasteiger partial charge in [-0.25, -0.2) is 0 Å². The van der Waals surface area contributed by atoms with Crippen LogP contribution in [0.15, 0.2) is 51.3 Å². The molecule has 0 saturated heterocycles. The molecule has 26 heavy (non-hydrogen) atoms. The lowest BCUT2D eigenvalue weighted by Gasteiger charge is -2.20. The van der Waals surface area contributed by atoms with Crippen molar-refractivity contribution in [3.05, 3.63) is 54.0 Å². The number of thioether (sulfide) groups is 1. The first-order valence-corrected chi connectivity index (χ1v) is 9.01. The number of nitrogens with one attached hydrogen (secondary N) is 2. The highest BCUT2D eigenvalue weighted by molar-refractivity contribution is 7.98. The van der Waals surface area contributed by atoms with Crippen LogP contribution in [0, 0.1) is 0 Å². The van der Waals surface area contributed by atoms with Crippen molar-refractivity contribution in [3.8, 4) is 0 Å². The molecule has 1 atom stereocenters. The van der Waals surface area contributed by atoms with E-state index in [1.54, 1.807) is 12.1 Å². The molecule has 0 aliphatic rings. The van der Waals surface area contributed by atoms with Crippen LogP contribution in [-0.2, 0) is 9.59 Å². The topological polar surface area (TPSA) is 125 Å². The maximum absolute atomic E-state index is 12.5. The first kappa shape index (κ1) is 19.4. The molecular formula is C17H17N2O6S-. The van der Waals surface area contributed by atoms with Gasteiger partial charge in [0.05, 0.1) is 24.5 Å². The van der Waals surface area contributed by atoms with Crippen LogP contribution in [-0.4, -0.2) is 35.8 Å². The predicted molar refractivity (Wildman–Crippen MR) is 92.8 cm³/mol. The minimum atomic E-state index is -1.40. The van der Waals surface area contributed by atoms with Crippen LogP contribution in [0.25, 0.3) is 6.08 Å². The highest BCUT2D eigenvalue weighted by Gasteiger charge is 2.20. The summed E-state index contributed by atoms with van der Waals surface area (Å²) in [7, 11) is 0. The Morgan fingerprint density at radius 2 is 1.96 bits per heavy atom. The largest absolute Gasteiger partial charge is 0.548 e. The summed E-state index contributed by atoms with van der Waals surface area (Å²) >= 11 is 1.44. The summed E-state index contributed by atoms with van der Waals surface area (Å²) in [5, 5.41) is 16.0. The highest BCUT2D eigenvalue weighted by Crippen LogP contribution is 2.09. The predicted octanol–water partition coefficient (Wildman–Crippen LogP) is 0.631. The van der Waals surface area contributed by atoms with Gasteiger partial charge in [-0.1, -0.05) is 0 Å². The van der Waals surface area contributed by atoms with Gasteiger partial charge in [-0.2, -0.15) is 11.8 Å². The Morgan fingerprint density at radius 1 is 1.23 bits per heavy atom. The Morgan fingerprint density at radius 3 is 2.54 bits per heavy atom. The van der Waals surface area contributed by atoms with E-state index in [1.165, 1.54) is 42.5 Å². The van der Waals surface area contributed by atoms with Crippen molar-refractivity contribution in [3.63, 3.8) is 0 Å². The molecule has 2 amide bonds. The van der Waals surface area contributed by atoms with Crippen LogP contribution in [0.5, 0.6) is 0 Å². The fraction of sp³-hybridized carbons (Fsp3) is 0.235. The molecule has 0 saturated carbocycles. The molecule has 2 heterocycles. The van der Waals surface area contributed by atoms with Gasteiger partial charge in [0.2, 0.25) is 0 Å². The van der Waals surface area contributed by atoms with Crippen LogP contribution in [0.3, 0.4) is 0 Å². The average molecular weight is 377 g/mol. The van der Waals surface area contributed by atoms with Gasteiger partial charge >= 0.3 is 0 Å². The zero-order chi connectivity index (χ0) is 18.9. The van der Waals surface area contributed by atoms with Gasteiger partial charge < -0.3 is 29.4 Å². The van der Waals surface area contributed by atoms with Gasteiger partial charge in [-0.3, -0.25) is 9.59 Å². The summed E-state index contributed by atoms with van der Waals surface area (Å²) in [6.07, 6.45) is 6.02. The molecule has 0 aromatic carbocycles. The highest BCUT2D eigenvalue weighted by atomic mass is 32.2. The normalized spacial score (nSPS) is 12.4. The van der Waals surface area contributed by atoms with Gasteiger partial charge in [0.25, 0.3) is 11.8 Å². The van der Waals surface area contributed by atoms with Crippen molar-refractivity contribution >= 4 is 35.6 Å². The summed E-state index contributed by atoms with van der Waals surface area (Å²) in [4.78, 5) is 35.9. The Balaban J connectivity index is 2.18. The lowest BCUT2D eigenvalue weighted by Crippen LogP contribution is -2.50. The number of amides is 2. The third-order valence-corrected chi connectivity index (χ3v) is 3.91. The maximum atomic E-state index is 12.5. The monoisotopic (exact) mass is 377 g/mol. The fourth-order valence-corrected chi connectivity index (χ4v) is 2.46. The molecule has 0 radical (unpaired) electrons. The number of carbonyl (C=O) groups excluding carboxylic acids is 3. The minimum Gasteiger partial charge on any atom is -0.548 e. The third-order valence-electron chi connectivity index (χ3n) is 3.27. The second kappa shape index (κ2) is 9.52. The second-order valence-electron chi connectivity index (χ2n) is 5.13. The summed E-state index contributed by atoms with van der Waals surface area (Å²) < 4.78 is 10.1. The van der Waals surface area contributed by atoms with Gasteiger partial charge in [0, 0.05) is 6.08 Å². The van der Waals surface area contributed by atoms with E-state index in [-0.39, 0.29) is 17.9 Å². The molecule has 0 fully saturated rings. The number of aliphatic carboxylic acids is 1. The van der Waals surface area contributed by atoms with E-state index in [9.17, 15) is 19.5 Å². The van der Waals surface area contributed by atoms with E-state index >= 15 is 0 Å². The number of hydrogen-bond donors (Lipinski definition) is 2. The SMILES string of the molecule is CSCC[C@H](NC(=O)/C(=C\c1ccco1)NC(=O)c1ccco1)C(=O)[O-]. The van der Waals surface area contributed by atoms with E-state index in [4.69, 9.17) is 8.83 Å². The number of hydrogen-bond acceptors (Lipinski definition) is 7. The Labute approximate surface area is 153 Å². The molecule has 2 rings (SSSR count). The molecule has 8 nitrogen and oxygen atoms in total. The maximum Gasteiger partial charge on any atom is 0.291 e. The molecular weight excluding hydrogens is 360 g/mol. The standard InChI is InChI=1S/C17H18N2O6S/c1-26-9-6-12(17(22)23)18-15(20)13(10-11-4-2-7-24-11)19-16(21)14-5-3-8-25-14/h2-5,7-8,10,12H,6,9H2,1H3,(H,18,20)(H,19,21)(H,22,23)/p-1/b13-10+/t12-/m0/s1. The number of carboxylic acid groups (broad SMARTS) is 1. The van der Waals surface area contributed by atoms with Crippen LogP contribution < -0.4 is 15.7 Å². The van der Waals surface area contributed by atoms with E-state index in [0.717, 1.165) is 0 Å². The van der Waals surface area contributed by atoms with Crippen LogP contribution >= 0.6 is 11.8 Å². The second-order valence-corrected chi connectivity index (χ2v) is 6.12. The van der Waals surface area contributed by atoms with Crippen LogP contribution in [0.2, 0.25) is 0 Å². The number of carboxylic acids is 1. The van der Waals surface area contributed by atoms with Gasteiger partial charge in [-0.15, -0.1) is 0 Å². The summed E-state index contributed by atoms with van der Waals surface area (Å²) in [5.74, 6) is -2.00. The van der Waals surface area contributed by atoms with Crippen molar-refractivity contribution in [1.82, 2.24) is 10.6 Å².